The maximum Gasteiger partial charge on any atom is 0.491 e. The molecule has 5 aromatic rings. The molecule has 0 aliphatic rings. The van der Waals surface area contributed by atoms with E-state index < -0.39 is 29.5 Å². The van der Waals surface area contributed by atoms with Crippen molar-refractivity contribution in [3.05, 3.63) is 66.2 Å². The van der Waals surface area contributed by atoms with Crippen molar-refractivity contribution in [1.29, 1.82) is 0 Å². The number of fused-ring (bicyclic) bond motifs is 2. The van der Waals surface area contributed by atoms with Crippen LogP contribution in [0, 0.1) is 11.6 Å². The van der Waals surface area contributed by atoms with Gasteiger partial charge in [0, 0.05) is 0 Å². The number of carbonyl (C=O) groups excluding carboxylic acids is 1. The molecule has 0 spiro atoms. The van der Waals surface area contributed by atoms with Crippen molar-refractivity contribution in [1.82, 2.24) is 15.0 Å². The Morgan fingerprint density at radius 2 is 1.73 bits per heavy atom. The number of aromatic amines is 1. The van der Waals surface area contributed by atoms with Crippen molar-refractivity contribution in [2.24, 2.45) is 0 Å². The number of hydrogen-bond acceptors (Lipinski definition) is 5. The number of nitrogens with zero attached hydrogens (tertiary/aromatic N) is 2. The van der Waals surface area contributed by atoms with E-state index in [4.69, 9.17) is 4.42 Å². The minimum Gasteiger partial charge on any atom is -0.433 e. The van der Waals surface area contributed by atoms with Crippen LogP contribution in [0.2, 0.25) is 0 Å². The maximum absolute atomic E-state index is 13.7. The highest BCUT2D eigenvalue weighted by molar-refractivity contribution is 5.91. The van der Waals surface area contributed by atoms with Gasteiger partial charge >= 0.3 is 12.1 Å². The predicted molar refractivity (Wildman–Crippen MR) is 106 cm³/mol. The number of aromatic nitrogens is 3. The van der Waals surface area contributed by atoms with Crippen LogP contribution >= 0.6 is 0 Å². The molecule has 0 fully saturated rings. The number of imidazole rings is 1. The molecule has 1 N–H and O–H groups in total. The quantitative estimate of drug-likeness (QED) is 0.210. The molecule has 0 bridgehead atoms. The topological polar surface area (TPSA) is 81.0 Å². The van der Waals surface area contributed by atoms with Crippen LogP contribution in [0.3, 0.4) is 0 Å². The number of H-pyrrole nitrogens is 1. The molecule has 0 amide bonds. The third-order valence-electron chi connectivity index (χ3n) is 4.74. The fourth-order valence-corrected chi connectivity index (χ4v) is 3.23. The number of para-hydroxylation sites is 2. The summed E-state index contributed by atoms with van der Waals surface area (Å²) in [7, 11) is 0. The van der Waals surface area contributed by atoms with Crippen molar-refractivity contribution in [2.75, 3.05) is 0 Å². The molecule has 166 valence electrons. The van der Waals surface area contributed by atoms with Crippen molar-refractivity contribution in [3.63, 3.8) is 0 Å². The van der Waals surface area contributed by atoms with Gasteiger partial charge in [0.15, 0.2) is 34.3 Å². The number of oxazole rings is 1. The molecule has 3 aromatic carbocycles. The van der Waals surface area contributed by atoms with E-state index in [9.17, 15) is 26.7 Å². The lowest BCUT2D eigenvalue weighted by atomic mass is 10.0. The zero-order valence-corrected chi connectivity index (χ0v) is 16.2. The summed E-state index contributed by atoms with van der Waals surface area (Å²) in [5, 5.41) is 0. The highest BCUT2D eigenvalue weighted by Crippen LogP contribution is 2.36. The first kappa shape index (κ1) is 20.6. The average molecular weight is 459 g/mol. The summed E-state index contributed by atoms with van der Waals surface area (Å²) in [6, 6.07) is 12.4. The van der Waals surface area contributed by atoms with Crippen LogP contribution in [0.15, 0.2) is 59.0 Å². The lowest BCUT2D eigenvalue weighted by molar-refractivity contribution is -0.189. The Morgan fingerprint density at radius 3 is 2.45 bits per heavy atom. The number of esters is 1. The van der Waals surface area contributed by atoms with Crippen molar-refractivity contribution >= 4 is 28.1 Å². The maximum atomic E-state index is 13.7. The largest absolute Gasteiger partial charge is 0.491 e. The Labute approximate surface area is 180 Å². The summed E-state index contributed by atoms with van der Waals surface area (Å²) < 4.78 is 75.7. The zero-order valence-electron chi connectivity index (χ0n) is 16.2. The second kappa shape index (κ2) is 7.40. The van der Waals surface area contributed by atoms with Crippen LogP contribution in [-0.2, 0) is 4.79 Å². The molecule has 0 atom stereocenters. The SMILES string of the molecule is O=C(Oc1cc(-c2ccc(F)c(F)c2)cc2oc(-c3nc4ccccc4[nH]3)nc12)C(F)(F)F. The first-order valence-corrected chi connectivity index (χ1v) is 9.33. The van der Waals surface area contributed by atoms with Crippen LogP contribution in [0.25, 0.3) is 45.0 Å². The Morgan fingerprint density at radius 1 is 0.939 bits per heavy atom. The van der Waals surface area contributed by atoms with Crippen molar-refractivity contribution < 1.29 is 35.9 Å². The van der Waals surface area contributed by atoms with Gasteiger partial charge in [0.1, 0.15) is 0 Å². The Balaban J connectivity index is 1.68. The molecule has 11 heteroatoms. The third kappa shape index (κ3) is 3.77. The van der Waals surface area contributed by atoms with E-state index in [1.165, 1.54) is 12.1 Å². The second-order valence-corrected chi connectivity index (χ2v) is 6.96. The van der Waals surface area contributed by atoms with Crippen LogP contribution in [0.4, 0.5) is 22.0 Å². The number of alkyl halides is 3. The molecule has 0 saturated heterocycles. The van der Waals surface area contributed by atoms with Crippen LogP contribution in [-0.4, -0.2) is 27.1 Å². The van der Waals surface area contributed by atoms with Gasteiger partial charge in [0.25, 0.3) is 5.89 Å². The molecular weight excluding hydrogens is 449 g/mol. The van der Waals surface area contributed by atoms with Gasteiger partial charge in [0.05, 0.1) is 11.0 Å². The summed E-state index contributed by atoms with van der Waals surface area (Å²) >= 11 is 0. The van der Waals surface area contributed by atoms with E-state index in [0.717, 1.165) is 18.2 Å². The predicted octanol–water partition coefficient (Wildman–Crippen LogP) is 5.78. The van der Waals surface area contributed by atoms with Gasteiger partial charge in [-0.2, -0.15) is 13.2 Å². The fourth-order valence-electron chi connectivity index (χ4n) is 3.23. The molecule has 0 aliphatic heterocycles. The van der Waals surface area contributed by atoms with E-state index >= 15 is 0 Å². The summed E-state index contributed by atoms with van der Waals surface area (Å²) in [6.45, 7) is 0. The number of hydrogen-bond donors (Lipinski definition) is 1. The second-order valence-electron chi connectivity index (χ2n) is 6.96. The summed E-state index contributed by atoms with van der Waals surface area (Å²) in [5.41, 5.74) is 1.24. The highest BCUT2D eigenvalue weighted by atomic mass is 19.4. The fraction of sp³-hybridized carbons (Fsp3) is 0.0455. The zero-order chi connectivity index (χ0) is 23.3. The Kier molecular flexibility index (Phi) is 4.62. The third-order valence-corrected chi connectivity index (χ3v) is 4.74. The first-order valence-electron chi connectivity index (χ1n) is 9.33. The number of benzene rings is 3. The van der Waals surface area contributed by atoms with Gasteiger partial charge < -0.3 is 14.1 Å². The van der Waals surface area contributed by atoms with E-state index in [-0.39, 0.29) is 33.9 Å². The molecule has 2 heterocycles. The number of halogens is 5. The van der Waals surface area contributed by atoms with E-state index in [1.807, 2.05) is 0 Å². The van der Waals surface area contributed by atoms with E-state index in [0.29, 0.717) is 11.0 Å². The smallest absolute Gasteiger partial charge is 0.433 e. The molecule has 5 rings (SSSR count). The lowest BCUT2D eigenvalue weighted by Crippen LogP contribution is -2.28. The standard InChI is InChI=1S/C22H10F5N3O3/c23-12-6-5-10(7-13(12)24)11-8-16-18(17(9-11)33-21(31)22(25,26)27)30-20(32-16)19-28-14-3-1-2-4-15(14)29-19/h1-9H,(H,28,29). The van der Waals surface area contributed by atoms with Crippen molar-refractivity contribution in [2.45, 2.75) is 6.18 Å². The normalized spacial score (nSPS) is 11.9. The lowest BCUT2D eigenvalue weighted by Gasteiger charge is -2.09. The number of carbonyl (C=O) groups is 1. The molecule has 6 nitrogen and oxygen atoms in total. The van der Waals surface area contributed by atoms with Gasteiger partial charge in [-0.3, -0.25) is 0 Å². The van der Waals surface area contributed by atoms with Crippen LogP contribution < -0.4 is 4.74 Å². The molecule has 33 heavy (non-hydrogen) atoms. The van der Waals surface area contributed by atoms with Gasteiger partial charge in [0.2, 0.25) is 0 Å². The average Bonchev–Trinajstić information content (AvgIpc) is 3.39. The monoisotopic (exact) mass is 459 g/mol. The number of ether oxygens (including phenoxy) is 1. The van der Waals surface area contributed by atoms with Gasteiger partial charge in [-0.15, -0.1) is 0 Å². The Bertz CT molecular complexity index is 1500. The summed E-state index contributed by atoms with van der Waals surface area (Å²) in [5.74, 6) is -5.19. The first-order chi connectivity index (χ1) is 15.7. The van der Waals surface area contributed by atoms with Gasteiger partial charge in [-0.05, 0) is 47.5 Å². The molecule has 0 unspecified atom stereocenters. The van der Waals surface area contributed by atoms with Gasteiger partial charge in [-0.25, -0.2) is 23.5 Å². The Hall–Kier alpha value is -4.28. The number of nitrogens with one attached hydrogen (secondary N) is 1. The number of rotatable bonds is 3. The molecule has 0 saturated carbocycles. The molecule has 0 aliphatic carbocycles. The summed E-state index contributed by atoms with van der Waals surface area (Å²) in [4.78, 5) is 22.9. The van der Waals surface area contributed by atoms with Crippen molar-refractivity contribution in [3.8, 4) is 28.6 Å². The van der Waals surface area contributed by atoms with E-state index in [1.54, 1.807) is 24.3 Å². The molecule has 0 radical (unpaired) electrons. The minimum atomic E-state index is -5.27. The summed E-state index contributed by atoms with van der Waals surface area (Å²) in [6.07, 6.45) is -5.27. The van der Waals surface area contributed by atoms with E-state index in [2.05, 4.69) is 19.7 Å². The minimum absolute atomic E-state index is 0.0577. The molecular formula is C22H10F5N3O3. The molecule has 2 aromatic heterocycles. The van der Waals surface area contributed by atoms with Crippen LogP contribution in [0.1, 0.15) is 0 Å². The van der Waals surface area contributed by atoms with Crippen LogP contribution in [0.5, 0.6) is 5.75 Å². The van der Waals surface area contributed by atoms with Gasteiger partial charge in [-0.1, -0.05) is 18.2 Å². The highest BCUT2D eigenvalue weighted by Gasteiger charge is 2.42.